The summed E-state index contributed by atoms with van der Waals surface area (Å²) in [6.07, 6.45) is 0. The first-order valence-corrected chi connectivity index (χ1v) is 8.72. The molecule has 1 saturated heterocycles. The van der Waals surface area contributed by atoms with E-state index >= 15 is 0 Å². The highest BCUT2D eigenvalue weighted by molar-refractivity contribution is 6.30. The maximum atomic E-state index is 12.4. The number of carbonyl (C=O) groups is 1. The highest BCUT2D eigenvalue weighted by Crippen LogP contribution is 2.14. The number of aryl methyl sites for hydroxylation is 1. The monoisotopic (exact) mass is 363 g/mol. The fourth-order valence-corrected chi connectivity index (χ4v) is 2.91. The Morgan fingerprint density at radius 3 is 2.68 bits per heavy atom. The fraction of sp³-hybridized carbons (Fsp3) is 0.471. The van der Waals surface area contributed by atoms with Crippen molar-refractivity contribution in [3.05, 3.63) is 40.9 Å². The molecule has 1 atom stereocenters. The molecule has 134 valence electrons. The van der Waals surface area contributed by atoms with E-state index in [0.717, 1.165) is 32.0 Å². The summed E-state index contributed by atoms with van der Waals surface area (Å²) in [4.78, 5) is 18.9. The molecule has 0 radical (unpaired) electrons. The number of benzene rings is 1. The van der Waals surface area contributed by atoms with Crippen molar-refractivity contribution >= 4 is 17.5 Å². The quantitative estimate of drug-likeness (QED) is 0.875. The number of hydrogen-bond acceptors (Lipinski definition) is 5. The molecule has 1 amide bonds. The second-order valence-electron chi connectivity index (χ2n) is 6.08. The van der Waals surface area contributed by atoms with Gasteiger partial charge in [-0.2, -0.15) is 0 Å². The van der Waals surface area contributed by atoms with Gasteiger partial charge in [-0.3, -0.25) is 9.69 Å². The third-order valence-corrected chi connectivity index (χ3v) is 4.52. The van der Waals surface area contributed by atoms with Crippen LogP contribution in [-0.4, -0.2) is 64.5 Å². The largest absolute Gasteiger partial charge is 0.379 e. The molecule has 2 heterocycles. The molecular weight excluding hydrogens is 342 g/mol. The predicted octanol–water partition coefficient (Wildman–Crippen LogP) is 1.68. The highest BCUT2D eigenvalue weighted by atomic mass is 35.5. The maximum absolute atomic E-state index is 12.4. The summed E-state index contributed by atoms with van der Waals surface area (Å²) >= 11 is 5.91. The van der Waals surface area contributed by atoms with E-state index in [0.29, 0.717) is 17.4 Å². The number of rotatable bonds is 5. The van der Waals surface area contributed by atoms with Crippen molar-refractivity contribution in [2.45, 2.75) is 19.9 Å². The third kappa shape index (κ3) is 4.36. The second kappa shape index (κ2) is 7.95. The van der Waals surface area contributed by atoms with Crippen molar-refractivity contribution in [3.8, 4) is 5.69 Å². The van der Waals surface area contributed by atoms with Crippen LogP contribution in [0.5, 0.6) is 0 Å². The summed E-state index contributed by atoms with van der Waals surface area (Å²) in [5.74, 6) is 0.547. The molecule has 1 aliphatic heterocycles. The third-order valence-electron chi connectivity index (χ3n) is 4.27. The lowest BCUT2D eigenvalue weighted by Crippen LogP contribution is -2.47. The Morgan fingerprint density at radius 2 is 2.00 bits per heavy atom. The Kier molecular flexibility index (Phi) is 5.67. The second-order valence-corrected chi connectivity index (χ2v) is 6.51. The van der Waals surface area contributed by atoms with Gasteiger partial charge in [0.1, 0.15) is 5.82 Å². The number of halogens is 1. The van der Waals surface area contributed by atoms with Gasteiger partial charge in [0.05, 0.1) is 18.9 Å². The van der Waals surface area contributed by atoms with Gasteiger partial charge in [0.15, 0.2) is 0 Å². The van der Waals surface area contributed by atoms with Crippen LogP contribution in [0.15, 0.2) is 24.3 Å². The molecule has 7 nitrogen and oxygen atoms in total. The van der Waals surface area contributed by atoms with Crippen molar-refractivity contribution in [1.82, 2.24) is 25.0 Å². The zero-order valence-corrected chi connectivity index (χ0v) is 15.2. The number of nitrogens with one attached hydrogen (secondary N) is 1. The van der Waals surface area contributed by atoms with Crippen LogP contribution in [0.25, 0.3) is 5.69 Å². The lowest BCUT2D eigenvalue weighted by molar-refractivity contribution is 0.0204. The molecule has 8 heteroatoms. The number of amides is 1. The van der Waals surface area contributed by atoms with Crippen molar-refractivity contribution in [3.63, 3.8) is 0 Å². The zero-order chi connectivity index (χ0) is 17.8. The van der Waals surface area contributed by atoms with Crippen molar-refractivity contribution in [2.75, 3.05) is 32.8 Å². The molecular formula is C17H22ClN5O2. The summed E-state index contributed by atoms with van der Waals surface area (Å²) in [5.41, 5.74) is 0.815. The molecule has 0 saturated carbocycles. The Morgan fingerprint density at radius 1 is 1.32 bits per heavy atom. The number of ether oxygens (including phenoxy) is 1. The molecule has 0 spiro atoms. The van der Waals surface area contributed by atoms with E-state index in [2.05, 4.69) is 27.2 Å². The predicted molar refractivity (Wildman–Crippen MR) is 95.3 cm³/mol. The summed E-state index contributed by atoms with van der Waals surface area (Å²) in [6, 6.07) is 7.48. The van der Waals surface area contributed by atoms with Crippen molar-refractivity contribution in [1.29, 1.82) is 0 Å². The zero-order valence-electron chi connectivity index (χ0n) is 14.4. The Labute approximate surface area is 151 Å². The van der Waals surface area contributed by atoms with Gasteiger partial charge in [-0.1, -0.05) is 11.6 Å². The SMILES string of the molecule is Cc1nc(C(=O)NCC(C)N2CCOCC2)nn1-c1ccc(Cl)cc1. The summed E-state index contributed by atoms with van der Waals surface area (Å²) < 4.78 is 6.99. The van der Waals surface area contributed by atoms with Crippen LogP contribution in [0.3, 0.4) is 0 Å². The maximum Gasteiger partial charge on any atom is 0.291 e. The molecule has 1 fully saturated rings. The number of morpholine rings is 1. The number of nitrogens with zero attached hydrogens (tertiary/aromatic N) is 4. The van der Waals surface area contributed by atoms with Crippen molar-refractivity contribution < 1.29 is 9.53 Å². The molecule has 1 unspecified atom stereocenters. The minimum absolute atomic E-state index is 0.168. The van der Waals surface area contributed by atoms with Crippen LogP contribution < -0.4 is 5.32 Å². The van der Waals surface area contributed by atoms with E-state index in [9.17, 15) is 4.79 Å². The minimum atomic E-state index is -0.268. The average Bonchev–Trinajstić information content (AvgIpc) is 3.02. The average molecular weight is 364 g/mol. The van der Waals surface area contributed by atoms with Crippen LogP contribution >= 0.6 is 11.6 Å². The van der Waals surface area contributed by atoms with Gasteiger partial charge >= 0.3 is 0 Å². The summed E-state index contributed by atoms with van der Waals surface area (Å²) in [7, 11) is 0. The van der Waals surface area contributed by atoms with Gasteiger partial charge in [0.2, 0.25) is 5.82 Å². The molecule has 1 aliphatic rings. The van der Waals surface area contributed by atoms with E-state index in [1.807, 2.05) is 19.1 Å². The lowest BCUT2D eigenvalue weighted by Gasteiger charge is -2.32. The van der Waals surface area contributed by atoms with Gasteiger partial charge in [0.25, 0.3) is 5.91 Å². The molecule has 1 N–H and O–H groups in total. The number of carbonyl (C=O) groups excluding carboxylic acids is 1. The fourth-order valence-electron chi connectivity index (χ4n) is 2.78. The van der Waals surface area contributed by atoms with Crippen LogP contribution in [0.2, 0.25) is 5.02 Å². The number of hydrogen-bond donors (Lipinski definition) is 1. The summed E-state index contributed by atoms with van der Waals surface area (Å²) in [6.45, 7) is 7.72. The molecule has 2 aromatic rings. The highest BCUT2D eigenvalue weighted by Gasteiger charge is 2.20. The van der Waals surface area contributed by atoms with E-state index < -0.39 is 0 Å². The Balaban J connectivity index is 1.62. The van der Waals surface area contributed by atoms with Crippen LogP contribution in [-0.2, 0) is 4.74 Å². The molecule has 25 heavy (non-hydrogen) atoms. The number of aromatic nitrogens is 3. The first kappa shape index (κ1) is 17.8. The van der Waals surface area contributed by atoms with Gasteiger partial charge in [-0.25, -0.2) is 9.67 Å². The molecule has 3 rings (SSSR count). The smallest absolute Gasteiger partial charge is 0.291 e. The molecule has 1 aromatic heterocycles. The normalized spacial score (nSPS) is 16.6. The molecule has 1 aromatic carbocycles. The van der Waals surface area contributed by atoms with E-state index in [1.54, 1.807) is 16.8 Å². The van der Waals surface area contributed by atoms with Gasteiger partial charge in [-0.15, -0.1) is 5.10 Å². The van der Waals surface area contributed by atoms with E-state index in [1.165, 1.54) is 0 Å². The Bertz CT molecular complexity index is 725. The van der Waals surface area contributed by atoms with Gasteiger partial charge in [0, 0.05) is 30.7 Å². The van der Waals surface area contributed by atoms with Crippen LogP contribution in [0.1, 0.15) is 23.4 Å². The van der Waals surface area contributed by atoms with E-state index in [-0.39, 0.29) is 17.8 Å². The first-order chi connectivity index (χ1) is 12.0. The van der Waals surface area contributed by atoms with Crippen molar-refractivity contribution in [2.24, 2.45) is 0 Å². The van der Waals surface area contributed by atoms with Crippen LogP contribution in [0, 0.1) is 6.92 Å². The van der Waals surface area contributed by atoms with Gasteiger partial charge in [-0.05, 0) is 38.1 Å². The van der Waals surface area contributed by atoms with Gasteiger partial charge < -0.3 is 10.1 Å². The standard InChI is InChI=1S/C17H22ClN5O2/c1-12(22-7-9-25-10-8-22)11-19-17(24)16-20-13(2)23(21-16)15-5-3-14(18)4-6-15/h3-6,12H,7-11H2,1-2H3,(H,19,24). The molecule has 0 bridgehead atoms. The Hall–Kier alpha value is -1.96. The lowest BCUT2D eigenvalue weighted by atomic mass is 10.2. The minimum Gasteiger partial charge on any atom is -0.379 e. The topological polar surface area (TPSA) is 72.3 Å². The first-order valence-electron chi connectivity index (χ1n) is 8.34. The van der Waals surface area contributed by atoms with E-state index in [4.69, 9.17) is 16.3 Å². The molecule has 0 aliphatic carbocycles. The van der Waals surface area contributed by atoms with Crippen LogP contribution in [0.4, 0.5) is 0 Å². The summed E-state index contributed by atoms with van der Waals surface area (Å²) in [5, 5.41) is 7.88.